The number of hydrogen-bond donors (Lipinski definition) is 0. The Balaban J connectivity index is 1.21. The van der Waals surface area contributed by atoms with Gasteiger partial charge in [0.25, 0.3) is 0 Å². The van der Waals surface area contributed by atoms with E-state index in [1.165, 1.54) is 14.7 Å². The molecule has 0 radical (unpaired) electrons. The number of benzene rings is 3. The lowest BCUT2D eigenvalue weighted by atomic mass is 10.3. The molecule has 0 amide bonds. The van der Waals surface area contributed by atoms with E-state index in [-0.39, 0.29) is 10.9 Å². The summed E-state index contributed by atoms with van der Waals surface area (Å²) in [5.41, 5.74) is 3.24. The molecule has 0 aliphatic carbocycles. The smallest absolute Gasteiger partial charge is 0.166 e. The molecule has 0 spiro atoms. The van der Waals surface area contributed by atoms with Crippen molar-refractivity contribution < 1.29 is 14.2 Å². The summed E-state index contributed by atoms with van der Waals surface area (Å²) in [4.78, 5) is 15.8. The summed E-state index contributed by atoms with van der Waals surface area (Å²) in [5.74, 6) is 2.47. The van der Waals surface area contributed by atoms with Gasteiger partial charge >= 0.3 is 0 Å². The highest BCUT2D eigenvalue weighted by atomic mass is 32.2. The van der Waals surface area contributed by atoms with Crippen LogP contribution in [0.5, 0.6) is 17.2 Å². The summed E-state index contributed by atoms with van der Waals surface area (Å²) in [6, 6.07) is 36.8. The first-order chi connectivity index (χ1) is 21.3. The maximum Gasteiger partial charge on any atom is 0.166 e. The van der Waals surface area contributed by atoms with Crippen LogP contribution in [0.4, 0.5) is 0 Å². The zero-order valence-electron chi connectivity index (χ0n) is 23.5. The van der Waals surface area contributed by atoms with Crippen LogP contribution >= 0.6 is 0 Å². The highest BCUT2D eigenvalue weighted by Crippen LogP contribution is 2.34. The molecule has 43 heavy (non-hydrogen) atoms. The normalized spacial score (nSPS) is 10.8. The van der Waals surface area contributed by atoms with Crippen molar-refractivity contribution >= 4 is 10.9 Å². The van der Waals surface area contributed by atoms with Crippen LogP contribution in [0.2, 0.25) is 0 Å². The van der Waals surface area contributed by atoms with Crippen LogP contribution in [0.15, 0.2) is 161 Å². The topological polar surface area (TPSA) is 66.4 Å². The molecule has 6 nitrogen and oxygen atoms in total. The average Bonchev–Trinajstić information content (AvgIpc) is 3.09. The molecular formula is C36H30N3O3S+. The SMILES string of the molecule is c1cc(COc2ccc([S+](c3ccc(OCc4ccncc4)cc3)c3ccc(OCc4ccncc4)cc3)cc2)ccn1. The van der Waals surface area contributed by atoms with Gasteiger partial charge in [-0.3, -0.25) is 15.0 Å². The van der Waals surface area contributed by atoms with Crippen molar-refractivity contribution in [3.8, 4) is 17.2 Å². The predicted molar refractivity (Wildman–Crippen MR) is 167 cm³/mol. The molecule has 0 atom stereocenters. The molecule has 0 N–H and O–H groups in total. The molecule has 6 aromatic rings. The van der Waals surface area contributed by atoms with Gasteiger partial charge in [0.2, 0.25) is 0 Å². The van der Waals surface area contributed by atoms with Crippen LogP contribution in [-0.4, -0.2) is 15.0 Å². The van der Waals surface area contributed by atoms with Crippen LogP contribution in [0.25, 0.3) is 0 Å². The summed E-state index contributed by atoms with van der Waals surface area (Å²) in [6.07, 6.45) is 10.7. The van der Waals surface area contributed by atoms with Crippen LogP contribution in [-0.2, 0) is 30.7 Å². The van der Waals surface area contributed by atoms with Crippen molar-refractivity contribution in [3.05, 3.63) is 163 Å². The van der Waals surface area contributed by atoms with Gasteiger partial charge in [0.05, 0.1) is 10.9 Å². The van der Waals surface area contributed by atoms with Crippen molar-refractivity contribution in [2.75, 3.05) is 0 Å². The Morgan fingerprint density at radius 1 is 0.349 bits per heavy atom. The average molecular weight is 585 g/mol. The zero-order chi connectivity index (χ0) is 29.1. The van der Waals surface area contributed by atoms with Gasteiger partial charge in [0, 0.05) is 37.2 Å². The van der Waals surface area contributed by atoms with Crippen LogP contribution in [0.1, 0.15) is 16.7 Å². The summed E-state index contributed by atoms with van der Waals surface area (Å²) in [7, 11) is -0.351. The first-order valence-corrected chi connectivity index (χ1v) is 15.1. The third-order valence-electron chi connectivity index (χ3n) is 6.64. The summed E-state index contributed by atoms with van der Waals surface area (Å²) < 4.78 is 18.1. The standard InChI is InChI=1S/C36H30N3O3S/c1-7-34(8-2-31(1)40-25-28-13-19-37-20-14-28)43(35-9-3-32(4-10-35)41-26-29-15-21-38-22-16-29)36-11-5-33(6-12-36)42-27-30-17-23-39-24-18-30/h1-24H,25-27H2/q+1. The highest BCUT2D eigenvalue weighted by Gasteiger charge is 2.29. The fourth-order valence-corrected chi connectivity index (χ4v) is 6.40. The quantitative estimate of drug-likeness (QED) is 0.137. The molecule has 0 fully saturated rings. The van der Waals surface area contributed by atoms with Gasteiger partial charge in [0.1, 0.15) is 37.1 Å². The predicted octanol–water partition coefficient (Wildman–Crippen LogP) is 7.70. The lowest BCUT2D eigenvalue weighted by molar-refractivity contribution is 0.306. The van der Waals surface area contributed by atoms with E-state index in [9.17, 15) is 0 Å². The van der Waals surface area contributed by atoms with Gasteiger partial charge in [-0.25, -0.2) is 0 Å². The van der Waals surface area contributed by atoms with Gasteiger partial charge < -0.3 is 14.2 Å². The number of ether oxygens (including phenoxy) is 3. The van der Waals surface area contributed by atoms with E-state index in [4.69, 9.17) is 14.2 Å². The van der Waals surface area contributed by atoms with Gasteiger partial charge in [-0.1, -0.05) is 0 Å². The largest absolute Gasteiger partial charge is 0.489 e. The van der Waals surface area contributed by atoms with E-state index in [1.807, 2.05) is 72.8 Å². The number of nitrogens with zero attached hydrogens (tertiary/aromatic N) is 3. The molecule has 6 rings (SSSR count). The third kappa shape index (κ3) is 7.78. The second kappa shape index (κ2) is 14.2. The summed E-state index contributed by atoms with van der Waals surface area (Å²) in [6.45, 7) is 1.49. The molecule has 0 aliphatic heterocycles. The Labute approximate surface area is 254 Å². The van der Waals surface area contributed by atoms with Gasteiger partial charge in [-0.05, 0) is 126 Å². The van der Waals surface area contributed by atoms with Gasteiger partial charge in [0.15, 0.2) is 14.7 Å². The minimum Gasteiger partial charge on any atom is -0.489 e. The number of pyridine rings is 3. The van der Waals surface area contributed by atoms with Crippen LogP contribution in [0, 0.1) is 0 Å². The molecule has 7 heteroatoms. The Kier molecular flexibility index (Phi) is 9.22. The minimum atomic E-state index is -0.351. The number of aromatic nitrogens is 3. The van der Waals surface area contributed by atoms with Crippen molar-refractivity contribution in [1.82, 2.24) is 15.0 Å². The molecule has 0 aliphatic rings. The maximum atomic E-state index is 6.03. The van der Waals surface area contributed by atoms with E-state index < -0.39 is 0 Å². The van der Waals surface area contributed by atoms with Crippen molar-refractivity contribution in [2.24, 2.45) is 0 Å². The Morgan fingerprint density at radius 2 is 0.605 bits per heavy atom. The number of rotatable bonds is 12. The lowest BCUT2D eigenvalue weighted by Crippen LogP contribution is -2.05. The first-order valence-electron chi connectivity index (χ1n) is 13.9. The van der Waals surface area contributed by atoms with Gasteiger partial charge in [-0.15, -0.1) is 0 Å². The number of hydrogen-bond acceptors (Lipinski definition) is 6. The maximum absolute atomic E-state index is 6.03. The van der Waals surface area contributed by atoms with E-state index in [0.29, 0.717) is 19.8 Å². The van der Waals surface area contributed by atoms with Crippen LogP contribution < -0.4 is 14.2 Å². The Bertz CT molecular complexity index is 1480. The molecule has 3 aromatic heterocycles. The molecular weight excluding hydrogens is 554 g/mol. The molecule has 0 bridgehead atoms. The van der Waals surface area contributed by atoms with Gasteiger partial charge in [-0.2, -0.15) is 0 Å². The Morgan fingerprint density at radius 3 is 0.860 bits per heavy atom. The van der Waals surface area contributed by atoms with Crippen molar-refractivity contribution in [1.29, 1.82) is 0 Å². The molecule has 0 saturated heterocycles. The fraction of sp³-hybridized carbons (Fsp3) is 0.0833. The lowest BCUT2D eigenvalue weighted by Gasteiger charge is -2.12. The molecule has 3 heterocycles. The second-order valence-corrected chi connectivity index (χ2v) is 11.7. The van der Waals surface area contributed by atoms with E-state index in [0.717, 1.165) is 33.9 Å². The molecule has 0 unspecified atom stereocenters. The Hall–Kier alpha value is -5.14. The molecule has 0 saturated carbocycles. The molecule has 212 valence electrons. The van der Waals surface area contributed by atoms with E-state index in [1.54, 1.807) is 37.2 Å². The van der Waals surface area contributed by atoms with Crippen molar-refractivity contribution in [3.63, 3.8) is 0 Å². The van der Waals surface area contributed by atoms with Crippen molar-refractivity contribution in [2.45, 2.75) is 34.5 Å². The minimum absolute atomic E-state index is 0.351. The fourth-order valence-electron chi connectivity index (χ4n) is 4.36. The second-order valence-electron chi connectivity index (χ2n) is 9.65. The first kappa shape index (κ1) is 28.0. The summed E-state index contributed by atoms with van der Waals surface area (Å²) in [5, 5.41) is 0. The molecule has 3 aromatic carbocycles. The highest BCUT2D eigenvalue weighted by molar-refractivity contribution is 7.97. The monoisotopic (exact) mass is 584 g/mol. The zero-order valence-corrected chi connectivity index (χ0v) is 24.3. The third-order valence-corrected chi connectivity index (χ3v) is 8.87. The summed E-state index contributed by atoms with van der Waals surface area (Å²) >= 11 is 0. The van der Waals surface area contributed by atoms with E-state index >= 15 is 0 Å². The van der Waals surface area contributed by atoms with Crippen LogP contribution in [0.3, 0.4) is 0 Å². The van der Waals surface area contributed by atoms with E-state index in [2.05, 4.69) is 51.4 Å².